The summed E-state index contributed by atoms with van der Waals surface area (Å²) < 4.78 is 0. The van der Waals surface area contributed by atoms with E-state index in [4.69, 9.17) is 5.73 Å². The van der Waals surface area contributed by atoms with Crippen molar-refractivity contribution in [3.05, 3.63) is 53.6 Å². The van der Waals surface area contributed by atoms with E-state index in [0.29, 0.717) is 11.1 Å². The molecule has 3 heteroatoms. The van der Waals surface area contributed by atoms with Crippen molar-refractivity contribution in [2.45, 2.75) is 20.4 Å². The van der Waals surface area contributed by atoms with Crippen LogP contribution in [0.1, 0.15) is 29.8 Å². The maximum Gasteiger partial charge on any atom is 0.169 e. The third-order valence-corrected chi connectivity index (χ3v) is 3.31. The van der Waals surface area contributed by atoms with Crippen molar-refractivity contribution < 1.29 is 9.90 Å². The molecule has 20 heavy (non-hydrogen) atoms. The van der Waals surface area contributed by atoms with Crippen molar-refractivity contribution in [1.29, 1.82) is 0 Å². The minimum Gasteiger partial charge on any atom is -0.507 e. The molecule has 104 valence electrons. The first kappa shape index (κ1) is 14.3. The van der Waals surface area contributed by atoms with Crippen LogP contribution in [0.15, 0.2) is 42.5 Å². The summed E-state index contributed by atoms with van der Waals surface area (Å²) in [7, 11) is 0. The molecule has 0 aliphatic rings. The normalized spacial score (nSPS) is 10.8. The van der Waals surface area contributed by atoms with Crippen LogP contribution < -0.4 is 5.73 Å². The van der Waals surface area contributed by atoms with E-state index in [0.717, 1.165) is 11.1 Å². The van der Waals surface area contributed by atoms with Gasteiger partial charge in [-0.2, -0.15) is 0 Å². The first-order chi connectivity index (χ1) is 9.54. The smallest absolute Gasteiger partial charge is 0.169 e. The van der Waals surface area contributed by atoms with Crippen molar-refractivity contribution in [3.63, 3.8) is 0 Å². The van der Waals surface area contributed by atoms with E-state index in [9.17, 15) is 9.90 Å². The second-order valence-electron chi connectivity index (χ2n) is 5.12. The van der Waals surface area contributed by atoms with E-state index in [1.54, 1.807) is 6.07 Å². The Morgan fingerprint density at radius 2 is 1.80 bits per heavy atom. The van der Waals surface area contributed by atoms with E-state index in [1.807, 2.05) is 50.2 Å². The topological polar surface area (TPSA) is 63.3 Å². The lowest BCUT2D eigenvalue weighted by Gasteiger charge is -2.13. The Hall–Kier alpha value is -2.13. The lowest BCUT2D eigenvalue weighted by molar-refractivity contribution is 0.0936. The highest BCUT2D eigenvalue weighted by molar-refractivity contribution is 6.01. The van der Waals surface area contributed by atoms with Crippen LogP contribution >= 0.6 is 0 Å². The van der Waals surface area contributed by atoms with Gasteiger partial charge in [-0.1, -0.05) is 44.2 Å². The standard InChI is InChI=1S/C17H19NO2/c1-11(2)16(19)15-9-13(8-14(10-18)17(15)20)12-6-4-3-5-7-12/h3-9,11,20H,10,18H2,1-2H3. The third-order valence-electron chi connectivity index (χ3n) is 3.31. The Labute approximate surface area is 119 Å². The molecule has 0 saturated carbocycles. The van der Waals surface area contributed by atoms with Crippen LogP contribution in [-0.2, 0) is 6.54 Å². The average molecular weight is 269 g/mol. The van der Waals surface area contributed by atoms with Gasteiger partial charge in [0, 0.05) is 18.0 Å². The number of phenols is 1. The van der Waals surface area contributed by atoms with Crippen LogP contribution in [0.4, 0.5) is 0 Å². The summed E-state index contributed by atoms with van der Waals surface area (Å²) in [5.74, 6) is -0.238. The molecule has 3 N–H and O–H groups in total. The highest BCUT2D eigenvalue weighted by Gasteiger charge is 2.18. The van der Waals surface area contributed by atoms with E-state index < -0.39 is 0 Å². The number of carbonyl (C=O) groups excluding carboxylic acids is 1. The predicted octanol–water partition coefficient (Wildman–Crippen LogP) is 3.36. The molecule has 0 unspecified atom stereocenters. The first-order valence-corrected chi connectivity index (χ1v) is 6.70. The van der Waals surface area contributed by atoms with Gasteiger partial charge in [-0.25, -0.2) is 0 Å². The van der Waals surface area contributed by atoms with Gasteiger partial charge in [0.2, 0.25) is 0 Å². The largest absolute Gasteiger partial charge is 0.507 e. The monoisotopic (exact) mass is 269 g/mol. The van der Waals surface area contributed by atoms with E-state index >= 15 is 0 Å². The lowest BCUT2D eigenvalue weighted by Crippen LogP contribution is -2.10. The molecule has 0 heterocycles. The summed E-state index contributed by atoms with van der Waals surface area (Å²) in [5.41, 5.74) is 8.51. The molecule has 0 spiro atoms. The molecule has 0 fully saturated rings. The second-order valence-corrected chi connectivity index (χ2v) is 5.12. The summed E-state index contributed by atoms with van der Waals surface area (Å²) in [6, 6.07) is 13.3. The summed E-state index contributed by atoms with van der Waals surface area (Å²) in [4.78, 5) is 12.2. The van der Waals surface area contributed by atoms with Gasteiger partial charge in [-0.3, -0.25) is 4.79 Å². The minimum absolute atomic E-state index is 0.00545. The number of hydrogen-bond donors (Lipinski definition) is 2. The summed E-state index contributed by atoms with van der Waals surface area (Å²) in [6.45, 7) is 3.84. The maximum absolute atomic E-state index is 12.2. The maximum atomic E-state index is 12.2. The van der Waals surface area contributed by atoms with Crippen LogP contribution in [0.25, 0.3) is 11.1 Å². The van der Waals surface area contributed by atoms with Crippen LogP contribution in [0.2, 0.25) is 0 Å². The number of nitrogens with two attached hydrogens (primary N) is 1. The Morgan fingerprint density at radius 3 is 2.35 bits per heavy atom. The van der Waals surface area contributed by atoms with E-state index in [1.165, 1.54) is 0 Å². The van der Waals surface area contributed by atoms with Crippen molar-refractivity contribution in [2.75, 3.05) is 0 Å². The molecule has 3 nitrogen and oxygen atoms in total. The number of benzene rings is 2. The molecule has 2 aromatic rings. The number of aromatic hydroxyl groups is 1. The zero-order valence-corrected chi connectivity index (χ0v) is 11.8. The molecule has 0 aliphatic heterocycles. The van der Waals surface area contributed by atoms with Crippen molar-refractivity contribution >= 4 is 5.78 Å². The van der Waals surface area contributed by atoms with Crippen LogP contribution in [0.5, 0.6) is 5.75 Å². The molecular formula is C17H19NO2. The highest BCUT2D eigenvalue weighted by atomic mass is 16.3. The van der Waals surface area contributed by atoms with Crippen LogP contribution in [0, 0.1) is 5.92 Å². The lowest BCUT2D eigenvalue weighted by atomic mass is 9.93. The zero-order chi connectivity index (χ0) is 14.7. The molecule has 0 saturated heterocycles. The summed E-state index contributed by atoms with van der Waals surface area (Å²) in [5, 5.41) is 10.2. The number of phenolic OH excluding ortho intramolecular Hbond substituents is 1. The van der Waals surface area contributed by atoms with Gasteiger partial charge >= 0.3 is 0 Å². The van der Waals surface area contributed by atoms with Gasteiger partial charge in [0.15, 0.2) is 5.78 Å². The Balaban J connectivity index is 2.61. The average Bonchev–Trinajstić information content (AvgIpc) is 2.47. The molecule has 0 atom stereocenters. The number of Topliss-reactive ketones (excluding diaryl/α,β-unsaturated/α-hetero) is 1. The molecule has 0 bridgehead atoms. The van der Waals surface area contributed by atoms with Gasteiger partial charge < -0.3 is 10.8 Å². The molecule has 0 aliphatic carbocycles. The fourth-order valence-electron chi connectivity index (χ4n) is 2.15. The van der Waals surface area contributed by atoms with Crippen LogP contribution in [0.3, 0.4) is 0 Å². The summed E-state index contributed by atoms with van der Waals surface area (Å²) in [6.07, 6.45) is 0. The van der Waals surface area contributed by atoms with E-state index in [2.05, 4.69) is 0 Å². The quantitative estimate of drug-likeness (QED) is 0.837. The molecule has 2 rings (SSSR count). The van der Waals surface area contributed by atoms with Gasteiger partial charge in [-0.15, -0.1) is 0 Å². The van der Waals surface area contributed by atoms with Gasteiger partial charge in [0.05, 0.1) is 5.56 Å². The Morgan fingerprint density at radius 1 is 1.15 bits per heavy atom. The first-order valence-electron chi connectivity index (χ1n) is 6.70. The fourth-order valence-corrected chi connectivity index (χ4v) is 2.15. The van der Waals surface area contributed by atoms with Gasteiger partial charge in [0.1, 0.15) is 5.75 Å². The number of ketones is 1. The summed E-state index contributed by atoms with van der Waals surface area (Å²) >= 11 is 0. The second kappa shape index (κ2) is 5.88. The Bertz CT molecular complexity index is 618. The highest BCUT2D eigenvalue weighted by Crippen LogP contribution is 2.31. The van der Waals surface area contributed by atoms with Gasteiger partial charge in [-0.05, 0) is 23.3 Å². The number of carbonyl (C=O) groups is 1. The Kier molecular flexibility index (Phi) is 4.20. The van der Waals surface area contributed by atoms with Crippen LogP contribution in [-0.4, -0.2) is 10.9 Å². The predicted molar refractivity (Wildman–Crippen MR) is 80.6 cm³/mol. The molecule has 2 aromatic carbocycles. The molecule has 0 radical (unpaired) electrons. The molecule has 0 amide bonds. The zero-order valence-electron chi connectivity index (χ0n) is 11.8. The molecular weight excluding hydrogens is 250 g/mol. The fraction of sp³-hybridized carbons (Fsp3) is 0.235. The molecule has 0 aromatic heterocycles. The van der Waals surface area contributed by atoms with Crippen molar-refractivity contribution in [2.24, 2.45) is 11.7 Å². The number of rotatable bonds is 4. The third kappa shape index (κ3) is 2.73. The van der Waals surface area contributed by atoms with Crippen molar-refractivity contribution in [1.82, 2.24) is 0 Å². The minimum atomic E-state index is -0.169. The SMILES string of the molecule is CC(C)C(=O)c1cc(-c2ccccc2)cc(CN)c1O. The number of hydrogen-bond acceptors (Lipinski definition) is 3. The van der Waals surface area contributed by atoms with Gasteiger partial charge in [0.25, 0.3) is 0 Å². The van der Waals surface area contributed by atoms with E-state index in [-0.39, 0.29) is 24.0 Å². The van der Waals surface area contributed by atoms with Crippen molar-refractivity contribution in [3.8, 4) is 16.9 Å².